The smallest absolute Gasteiger partial charge is 0.192 e. The summed E-state index contributed by atoms with van der Waals surface area (Å²) in [5, 5.41) is 0. The maximum absolute atomic E-state index is 12.0. The minimum Gasteiger partial charge on any atom is -0.373 e. The molecule has 1 aliphatic rings. The van der Waals surface area contributed by atoms with Gasteiger partial charge < -0.3 is 14.2 Å². The fourth-order valence-corrected chi connectivity index (χ4v) is 1.88. The number of rotatable bonds is 8. The maximum Gasteiger partial charge on any atom is 0.192 e. The molecule has 0 N–H and O–H groups in total. The Morgan fingerprint density at radius 1 is 1.17 bits per heavy atom. The predicted octanol–water partition coefficient (Wildman–Crippen LogP) is 2.34. The van der Waals surface area contributed by atoms with Crippen LogP contribution in [0.5, 0.6) is 0 Å². The van der Waals surface area contributed by atoms with Crippen LogP contribution in [-0.2, 0) is 19.0 Å². The Hall–Kier alpha value is -0.450. The van der Waals surface area contributed by atoms with E-state index in [4.69, 9.17) is 14.2 Å². The Balaban J connectivity index is 2.47. The molecule has 4 heteroatoms. The van der Waals surface area contributed by atoms with Crippen LogP contribution >= 0.6 is 0 Å². The third-order valence-electron chi connectivity index (χ3n) is 3.15. The molecule has 106 valence electrons. The zero-order valence-electron chi connectivity index (χ0n) is 11.8. The first-order valence-corrected chi connectivity index (χ1v) is 7.09. The molecule has 4 nitrogen and oxygen atoms in total. The number of ketones is 1. The molecule has 1 aliphatic heterocycles. The van der Waals surface area contributed by atoms with E-state index in [0.717, 1.165) is 25.7 Å². The Morgan fingerprint density at radius 3 is 2.39 bits per heavy atom. The number of unbranched alkanes of at least 4 members (excludes halogenated alkanes) is 2. The van der Waals surface area contributed by atoms with E-state index in [2.05, 4.69) is 13.8 Å². The molecule has 0 saturated carbocycles. The topological polar surface area (TPSA) is 44.8 Å². The SMILES string of the molecule is CCCCOC1COC(C)C(=O)C1OCCCC. The van der Waals surface area contributed by atoms with Crippen molar-refractivity contribution in [2.24, 2.45) is 0 Å². The molecule has 1 fully saturated rings. The number of hydrogen-bond donors (Lipinski definition) is 0. The molecule has 0 spiro atoms. The number of Topliss-reactive ketones (excluding diaryl/α,β-unsaturated/α-hetero) is 1. The monoisotopic (exact) mass is 258 g/mol. The number of carbonyl (C=O) groups excluding carboxylic acids is 1. The minimum atomic E-state index is -0.447. The lowest BCUT2D eigenvalue weighted by Crippen LogP contribution is -2.51. The number of carbonyl (C=O) groups is 1. The van der Waals surface area contributed by atoms with Crippen LogP contribution in [0.25, 0.3) is 0 Å². The van der Waals surface area contributed by atoms with Crippen LogP contribution in [-0.4, -0.2) is 43.9 Å². The van der Waals surface area contributed by atoms with Crippen molar-refractivity contribution >= 4 is 5.78 Å². The van der Waals surface area contributed by atoms with Crippen LogP contribution in [0.4, 0.5) is 0 Å². The van der Waals surface area contributed by atoms with Gasteiger partial charge in [0.25, 0.3) is 0 Å². The molecule has 1 saturated heterocycles. The van der Waals surface area contributed by atoms with Gasteiger partial charge >= 0.3 is 0 Å². The second-order valence-corrected chi connectivity index (χ2v) is 4.79. The van der Waals surface area contributed by atoms with Crippen LogP contribution in [0.3, 0.4) is 0 Å². The summed E-state index contributed by atoms with van der Waals surface area (Å²) >= 11 is 0. The number of ether oxygens (including phenoxy) is 3. The van der Waals surface area contributed by atoms with E-state index in [9.17, 15) is 4.79 Å². The summed E-state index contributed by atoms with van der Waals surface area (Å²) in [6.07, 6.45) is 3.06. The minimum absolute atomic E-state index is 0.0128. The van der Waals surface area contributed by atoms with E-state index in [1.807, 2.05) is 0 Å². The van der Waals surface area contributed by atoms with Gasteiger partial charge in [0, 0.05) is 13.2 Å². The molecule has 3 atom stereocenters. The van der Waals surface area contributed by atoms with Crippen LogP contribution in [0.15, 0.2) is 0 Å². The lowest BCUT2D eigenvalue weighted by atomic mass is 10.0. The van der Waals surface area contributed by atoms with Gasteiger partial charge in [0.2, 0.25) is 0 Å². The van der Waals surface area contributed by atoms with E-state index in [1.165, 1.54) is 0 Å². The van der Waals surface area contributed by atoms with Crippen molar-refractivity contribution in [1.82, 2.24) is 0 Å². The summed E-state index contributed by atoms with van der Waals surface area (Å²) in [7, 11) is 0. The largest absolute Gasteiger partial charge is 0.373 e. The molecule has 3 unspecified atom stereocenters. The van der Waals surface area contributed by atoms with E-state index >= 15 is 0 Å². The molecule has 0 aliphatic carbocycles. The maximum atomic E-state index is 12.0. The van der Waals surface area contributed by atoms with Gasteiger partial charge in [0.05, 0.1) is 6.61 Å². The third kappa shape index (κ3) is 4.67. The van der Waals surface area contributed by atoms with E-state index in [1.54, 1.807) is 6.92 Å². The zero-order valence-corrected chi connectivity index (χ0v) is 11.8. The summed E-state index contributed by atoms with van der Waals surface area (Å²) in [6.45, 7) is 7.73. The van der Waals surface area contributed by atoms with Crippen molar-refractivity contribution in [1.29, 1.82) is 0 Å². The van der Waals surface area contributed by atoms with Crippen LogP contribution < -0.4 is 0 Å². The lowest BCUT2D eigenvalue weighted by molar-refractivity contribution is -0.178. The second-order valence-electron chi connectivity index (χ2n) is 4.79. The fourth-order valence-electron chi connectivity index (χ4n) is 1.88. The summed E-state index contributed by atoms with van der Waals surface area (Å²) in [5.74, 6) is 0.0128. The van der Waals surface area contributed by atoms with Gasteiger partial charge in [-0.1, -0.05) is 26.7 Å². The first kappa shape index (κ1) is 15.6. The molecule has 0 radical (unpaired) electrons. The zero-order chi connectivity index (χ0) is 13.4. The lowest BCUT2D eigenvalue weighted by Gasteiger charge is -2.33. The summed E-state index contributed by atoms with van der Waals surface area (Å²) in [6, 6.07) is 0. The molecular weight excluding hydrogens is 232 g/mol. The first-order chi connectivity index (χ1) is 8.70. The van der Waals surface area contributed by atoms with E-state index < -0.39 is 6.10 Å². The van der Waals surface area contributed by atoms with Gasteiger partial charge in [-0.25, -0.2) is 0 Å². The molecule has 1 heterocycles. The highest BCUT2D eigenvalue weighted by atomic mass is 16.6. The van der Waals surface area contributed by atoms with Crippen molar-refractivity contribution < 1.29 is 19.0 Å². The summed E-state index contributed by atoms with van der Waals surface area (Å²) < 4.78 is 16.8. The van der Waals surface area contributed by atoms with E-state index in [0.29, 0.717) is 19.8 Å². The molecule has 0 aromatic heterocycles. The van der Waals surface area contributed by atoms with Crippen molar-refractivity contribution in [2.45, 2.75) is 64.8 Å². The van der Waals surface area contributed by atoms with Gasteiger partial charge in [0.15, 0.2) is 5.78 Å². The van der Waals surface area contributed by atoms with Crippen molar-refractivity contribution in [2.75, 3.05) is 19.8 Å². The molecule has 0 aromatic carbocycles. The predicted molar refractivity (Wildman–Crippen MR) is 69.7 cm³/mol. The summed E-state index contributed by atoms with van der Waals surface area (Å²) in [5.41, 5.74) is 0. The fraction of sp³-hybridized carbons (Fsp3) is 0.929. The van der Waals surface area contributed by atoms with Crippen LogP contribution in [0.1, 0.15) is 46.5 Å². The normalized spacial score (nSPS) is 28.6. The average molecular weight is 258 g/mol. The average Bonchev–Trinajstić information content (AvgIpc) is 2.37. The standard InChI is InChI=1S/C14H26O4/c1-4-6-8-16-12-10-18-11(3)13(15)14(12)17-9-7-5-2/h11-12,14H,4-10H2,1-3H3. The highest BCUT2D eigenvalue weighted by molar-refractivity contribution is 5.88. The van der Waals surface area contributed by atoms with Crippen LogP contribution in [0.2, 0.25) is 0 Å². The van der Waals surface area contributed by atoms with Gasteiger partial charge in [-0.15, -0.1) is 0 Å². The molecule has 0 aromatic rings. The van der Waals surface area contributed by atoms with Gasteiger partial charge in [-0.05, 0) is 19.8 Å². The van der Waals surface area contributed by atoms with Crippen LogP contribution in [0, 0.1) is 0 Å². The number of hydrogen-bond acceptors (Lipinski definition) is 4. The molecule has 0 bridgehead atoms. The molecule has 18 heavy (non-hydrogen) atoms. The molecule has 0 amide bonds. The highest BCUT2D eigenvalue weighted by Gasteiger charge is 2.38. The Morgan fingerprint density at radius 2 is 1.78 bits per heavy atom. The highest BCUT2D eigenvalue weighted by Crippen LogP contribution is 2.17. The Kier molecular flexibility index (Phi) is 7.47. The van der Waals surface area contributed by atoms with Crippen molar-refractivity contribution in [3.8, 4) is 0 Å². The van der Waals surface area contributed by atoms with Gasteiger partial charge in [-0.2, -0.15) is 0 Å². The van der Waals surface area contributed by atoms with Crippen molar-refractivity contribution in [3.63, 3.8) is 0 Å². The van der Waals surface area contributed by atoms with Gasteiger partial charge in [0.1, 0.15) is 18.3 Å². The van der Waals surface area contributed by atoms with E-state index in [-0.39, 0.29) is 18.0 Å². The van der Waals surface area contributed by atoms with Gasteiger partial charge in [-0.3, -0.25) is 4.79 Å². The van der Waals surface area contributed by atoms with Crippen molar-refractivity contribution in [3.05, 3.63) is 0 Å². The first-order valence-electron chi connectivity index (χ1n) is 7.09. The Labute approximate surface area is 110 Å². The Bertz CT molecular complexity index is 242. The summed E-state index contributed by atoms with van der Waals surface area (Å²) in [4.78, 5) is 12.0. The molecule has 1 rings (SSSR count). The quantitative estimate of drug-likeness (QED) is 0.627. The molecular formula is C14H26O4. The second kappa shape index (κ2) is 8.62. The third-order valence-corrected chi connectivity index (χ3v) is 3.15.